The summed E-state index contributed by atoms with van der Waals surface area (Å²) in [5.41, 5.74) is 7.67. The first kappa shape index (κ1) is 9.51. The number of carboxylic acid groups (broad SMARTS) is 1. The van der Waals surface area contributed by atoms with Crippen molar-refractivity contribution >= 4 is 22.6 Å². The van der Waals surface area contributed by atoms with Crippen LogP contribution in [-0.4, -0.2) is 20.9 Å². The zero-order valence-electron chi connectivity index (χ0n) is 8.48. The molecule has 0 aliphatic rings. The molecule has 15 heavy (non-hydrogen) atoms. The van der Waals surface area contributed by atoms with E-state index in [-0.39, 0.29) is 11.3 Å². The second kappa shape index (κ2) is 2.98. The molecule has 1 aromatic carbocycles. The number of nitrogens with zero attached hydrogens (tertiary/aromatic N) is 2. The summed E-state index contributed by atoms with van der Waals surface area (Å²) in [5.74, 6) is -1.02. The molecule has 0 atom stereocenters. The lowest BCUT2D eigenvalue weighted by molar-refractivity contribution is 0.0698. The van der Waals surface area contributed by atoms with Crippen molar-refractivity contribution < 1.29 is 9.90 Å². The Morgan fingerprint density at radius 3 is 2.80 bits per heavy atom. The number of hydrogen-bond donors (Lipinski definition) is 2. The highest BCUT2D eigenvalue weighted by atomic mass is 16.4. The van der Waals surface area contributed by atoms with Gasteiger partial charge in [-0.15, -0.1) is 0 Å². The molecular formula is C10H11N3O2. The third-order valence-corrected chi connectivity index (χ3v) is 2.44. The third kappa shape index (κ3) is 1.32. The van der Waals surface area contributed by atoms with Crippen molar-refractivity contribution in [1.29, 1.82) is 0 Å². The Hall–Kier alpha value is -2.04. The highest BCUT2D eigenvalue weighted by Gasteiger charge is 2.13. The molecule has 0 fully saturated rings. The maximum Gasteiger partial charge on any atom is 0.337 e. The summed E-state index contributed by atoms with van der Waals surface area (Å²) in [6.45, 7) is 1.84. The summed E-state index contributed by atoms with van der Waals surface area (Å²) in [4.78, 5) is 10.9. The minimum absolute atomic E-state index is 0.124. The molecular weight excluding hydrogens is 194 g/mol. The summed E-state index contributed by atoms with van der Waals surface area (Å²) in [7, 11) is 1.80. The lowest BCUT2D eigenvalue weighted by Crippen LogP contribution is -2.02. The van der Waals surface area contributed by atoms with E-state index in [4.69, 9.17) is 10.8 Å². The van der Waals surface area contributed by atoms with Gasteiger partial charge in [-0.05, 0) is 19.1 Å². The van der Waals surface area contributed by atoms with Crippen molar-refractivity contribution in [2.24, 2.45) is 7.05 Å². The molecule has 0 radical (unpaired) electrons. The lowest BCUT2D eigenvalue weighted by Gasteiger charge is -2.01. The fraction of sp³-hybridized carbons (Fsp3) is 0.200. The Morgan fingerprint density at radius 1 is 1.53 bits per heavy atom. The molecule has 0 saturated heterocycles. The van der Waals surface area contributed by atoms with E-state index in [0.717, 1.165) is 16.6 Å². The molecule has 0 aliphatic carbocycles. The molecule has 2 rings (SSSR count). The molecule has 1 aromatic heterocycles. The maximum absolute atomic E-state index is 10.9. The van der Waals surface area contributed by atoms with Crippen molar-refractivity contribution in [3.05, 3.63) is 23.4 Å². The molecule has 2 aromatic rings. The topological polar surface area (TPSA) is 81.1 Å². The molecule has 5 nitrogen and oxygen atoms in total. The SMILES string of the molecule is Cc1nn(C)c2cc(N)c(C(=O)O)cc12. The second-order valence-corrected chi connectivity index (χ2v) is 3.47. The predicted molar refractivity (Wildman–Crippen MR) is 56.8 cm³/mol. The van der Waals surface area contributed by atoms with Crippen LogP contribution in [0.3, 0.4) is 0 Å². The molecule has 0 aliphatic heterocycles. The fourth-order valence-corrected chi connectivity index (χ4v) is 1.68. The van der Waals surface area contributed by atoms with Gasteiger partial charge in [0.2, 0.25) is 0 Å². The highest BCUT2D eigenvalue weighted by Crippen LogP contribution is 2.23. The van der Waals surface area contributed by atoms with Gasteiger partial charge in [-0.2, -0.15) is 5.10 Å². The van der Waals surface area contributed by atoms with Gasteiger partial charge >= 0.3 is 5.97 Å². The van der Waals surface area contributed by atoms with Gasteiger partial charge in [0.15, 0.2) is 0 Å². The van der Waals surface area contributed by atoms with E-state index < -0.39 is 5.97 Å². The van der Waals surface area contributed by atoms with E-state index >= 15 is 0 Å². The average Bonchev–Trinajstić information content (AvgIpc) is 2.41. The van der Waals surface area contributed by atoms with E-state index in [1.54, 1.807) is 23.9 Å². The Morgan fingerprint density at radius 2 is 2.20 bits per heavy atom. The maximum atomic E-state index is 10.9. The molecule has 0 spiro atoms. The van der Waals surface area contributed by atoms with Crippen LogP contribution in [0.1, 0.15) is 16.1 Å². The summed E-state index contributed by atoms with van der Waals surface area (Å²) in [6, 6.07) is 3.20. The number of aromatic carboxylic acids is 1. The number of anilines is 1. The van der Waals surface area contributed by atoms with E-state index in [1.165, 1.54) is 0 Å². The van der Waals surface area contributed by atoms with Gasteiger partial charge in [0.1, 0.15) is 0 Å². The number of fused-ring (bicyclic) bond motifs is 1. The van der Waals surface area contributed by atoms with Crippen LogP contribution in [0.15, 0.2) is 12.1 Å². The number of benzene rings is 1. The van der Waals surface area contributed by atoms with Gasteiger partial charge in [0.05, 0.1) is 16.8 Å². The van der Waals surface area contributed by atoms with Gasteiger partial charge in [-0.1, -0.05) is 0 Å². The van der Waals surface area contributed by atoms with E-state index in [9.17, 15) is 4.79 Å². The highest BCUT2D eigenvalue weighted by molar-refractivity contribution is 6.00. The molecule has 5 heteroatoms. The zero-order chi connectivity index (χ0) is 11.2. The lowest BCUT2D eigenvalue weighted by atomic mass is 10.1. The molecule has 0 unspecified atom stereocenters. The Bertz CT molecular complexity index is 557. The van der Waals surface area contributed by atoms with Crippen LogP contribution < -0.4 is 5.73 Å². The normalized spacial score (nSPS) is 10.8. The monoisotopic (exact) mass is 205 g/mol. The number of hydrogen-bond acceptors (Lipinski definition) is 3. The van der Waals surface area contributed by atoms with Crippen molar-refractivity contribution in [1.82, 2.24) is 9.78 Å². The van der Waals surface area contributed by atoms with E-state index in [1.807, 2.05) is 6.92 Å². The molecule has 3 N–H and O–H groups in total. The minimum Gasteiger partial charge on any atom is -0.478 e. The number of carboxylic acids is 1. The number of aryl methyl sites for hydroxylation is 2. The molecule has 1 heterocycles. The Labute approximate surface area is 86.1 Å². The molecule has 78 valence electrons. The largest absolute Gasteiger partial charge is 0.478 e. The Kier molecular flexibility index (Phi) is 1.89. The number of nitrogen functional groups attached to an aromatic ring is 1. The smallest absolute Gasteiger partial charge is 0.337 e. The third-order valence-electron chi connectivity index (χ3n) is 2.44. The minimum atomic E-state index is -1.02. The number of nitrogens with two attached hydrogens (primary N) is 1. The van der Waals surface area contributed by atoms with Crippen molar-refractivity contribution in [3.63, 3.8) is 0 Å². The quantitative estimate of drug-likeness (QED) is 0.684. The van der Waals surface area contributed by atoms with Gasteiger partial charge < -0.3 is 10.8 Å². The fourth-order valence-electron chi connectivity index (χ4n) is 1.68. The molecule has 0 amide bonds. The van der Waals surface area contributed by atoms with Crippen LogP contribution in [0.2, 0.25) is 0 Å². The van der Waals surface area contributed by atoms with Gasteiger partial charge in [-0.3, -0.25) is 4.68 Å². The molecule has 0 bridgehead atoms. The summed E-state index contributed by atoms with van der Waals surface area (Å²) >= 11 is 0. The van der Waals surface area contributed by atoms with Crippen molar-refractivity contribution in [3.8, 4) is 0 Å². The summed E-state index contributed by atoms with van der Waals surface area (Å²) in [5, 5.41) is 13.9. The summed E-state index contributed by atoms with van der Waals surface area (Å²) in [6.07, 6.45) is 0. The first-order chi connectivity index (χ1) is 7.00. The number of aromatic nitrogens is 2. The summed E-state index contributed by atoms with van der Waals surface area (Å²) < 4.78 is 1.69. The molecule has 0 saturated carbocycles. The van der Waals surface area contributed by atoms with E-state index in [2.05, 4.69) is 5.10 Å². The van der Waals surface area contributed by atoms with E-state index in [0.29, 0.717) is 0 Å². The standard InChI is InChI=1S/C10H11N3O2/c1-5-6-3-7(10(14)15)8(11)4-9(6)13(2)12-5/h3-4H,11H2,1-2H3,(H,14,15). The predicted octanol–water partition coefficient (Wildman–Crippen LogP) is 1.16. The number of rotatable bonds is 1. The van der Waals surface area contributed by atoms with Gasteiger partial charge in [0.25, 0.3) is 0 Å². The second-order valence-electron chi connectivity index (χ2n) is 3.47. The van der Waals surface area contributed by atoms with Crippen LogP contribution in [0.25, 0.3) is 10.9 Å². The van der Waals surface area contributed by atoms with Crippen LogP contribution in [0.4, 0.5) is 5.69 Å². The Balaban J connectivity index is 2.85. The van der Waals surface area contributed by atoms with Crippen molar-refractivity contribution in [2.75, 3.05) is 5.73 Å². The zero-order valence-corrected chi connectivity index (χ0v) is 8.48. The van der Waals surface area contributed by atoms with Crippen LogP contribution in [0, 0.1) is 6.92 Å². The number of carbonyl (C=O) groups is 1. The average molecular weight is 205 g/mol. The van der Waals surface area contributed by atoms with Crippen molar-refractivity contribution in [2.45, 2.75) is 6.92 Å². The van der Waals surface area contributed by atoms with Crippen LogP contribution in [-0.2, 0) is 7.05 Å². The van der Waals surface area contributed by atoms with Gasteiger partial charge in [0, 0.05) is 18.1 Å². The van der Waals surface area contributed by atoms with Crippen LogP contribution in [0.5, 0.6) is 0 Å². The van der Waals surface area contributed by atoms with Crippen LogP contribution >= 0.6 is 0 Å². The first-order valence-corrected chi connectivity index (χ1v) is 4.47. The van der Waals surface area contributed by atoms with Gasteiger partial charge in [-0.25, -0.2) is 4.79 Å². The first-order valence-electron chi connectivity index (χ1n) is 4.47.